The summed E-state index contributed by atoms with van der Waals surface area (Å²) in [6.07, 6.45) is -0.664. The first-order valence-corrected chi connectivity index (χ1v) is 9.21. The van der Waals surface area contributed by atoms with Crippen LogP contribution in [0, 0.1) is 17.5 Å². The molecule has 1 N–H and O–H groups in total. The number of carboxylic acid groups (broad SMARTS) is 1. The van der Waals surface area contributed by atoms with E-state index < -0.39 is 34.8 Å². The van der Waals surface area contributed by atoms with Crippen LogP contribution < -0.4 is 9.64 Å². The average Bonchev–Trinajstić information content (AvgIpc) is 3.13. The number of rotatable bonds is 7. The number of amides is 1. The van der Waals surface area contributed by atoms with E-state index in [2.05, 4.69) is 4.98 Å². The Morgan fingerprint density at radius 3 is 2.62 bits per heavy atom. The lowest BCUT2D eigenvalue weighted by molar-refractivity contribution is -0.138. The second-order valence-corrected chi connectivity index (χ2v) is 7.10. The van der Waals surface area contributed by atoms with Crippen molar-refractivity contribution in [2.75, 3.05) is 12.0 Å². The molecule has 1 heterocycles. The number of hydrogen-bond donors (Lipinski definition) is 1. The molecule has 3 rings (SSSR count). The lowest BCUT2D eigenvalue weighted by Gasteiger charge is -2.22. The summed E-state index contributed by atoms with van der Waals surface area (Å²) in [5.74, 6) is -4.77. The van der Waals surface area contributed by atoms with E-state index in [0.717, 1.165) is 11.3 Å². The van der Waals surface area contributed by atoms with Crippen molar-refractivity contribution in [2.24, 2.45) is 0 Å². The molecule has 0 bridgehead atoms. The predicted octanol–water partition coefficient (Wildman–Crippen LogP) is 4.12. The lowest BCUT2D eigenvalue weighted by atomic mass is 10.2. The van der Waals surface area contributed by atoms with Crippen LogP contribution in [-0.4, -0.2) is 29.1 Å². The topological polar surface area (TPSA) is 79.7 Å². The zero-order valence-corrected chi connectivity index (χ0v) is 15.9. The Kier molecular flexibility index (Phi) is 6.02. The van der Waals surface area contributed by atoms with Crippen molar-refractivity contribution >= 4 is 39.1 Å². The van der Waals surface area contributed by atoms with E-state index in [-0.39, 0.29) is 29.1 Å². The number of nitrogens with zero attached hydrogens (tertiary/aromatic N) is 2. The van der Waals surface area contributed by atoms with Crippen LogP contribution in [0.1, 0.15) is 17.8 Å². The molecule has 0 saturated heterocycles. The molecule has 0 saturated carbocycles. The minimum atomic E-state index is -1.35. The monoisotopic (exact) mass is 424 g/mol. The number of aromatic nitrogens is 1. The summed E-state index contributed by atoms with van der Waals surface area (Å²) >= 11 is 0.787. The van der Waals surface area contributed by atoms with Gasteiger partial charge in [-0.15, -0.1) is 11.3 Å². The number of halogens is 3. The number of carbonyl (C=O) groups excluding carboxylic acids is 1. The van der Waals surface area contributed by atoms with Gasteiger partial charge >= 0.3 is 5.97 Å². The summed E-state index contributed by atoms with van der Waals surface area (Å²) in [7, 11) is 1.45. The van der Waals surface area contributed by atoms with Crippen molar-refractivity contribution in [3.8, 4) is 5.75 Å². The van der Waals surface area contributed by atoms with Gasteiger partial charge in [-0.2, -0.15) is 0 Å². The number of methoxy groups -OCH3 is 1. The molecule has 0 aliphatic carbocycles. The van der Waals surface area contributed by atoms with Gasteiger partial charge in [0.05, 0.1) is 24.8 Å². The molecular formula is C19H15F3N2O4S. The highest BCUT2D eigenvalue weighted by Gasteiger charge is 2.22. The average molecular weight is 424 g/mol. The Morgan fingerprint density at radius 1 is 1.17 bits per heavy atom. The van der Waals surface area contributed by atoms with Crippen molar-refractivity contribution in [1.29, 1.82) is 0 Å². The van der Waals surface area contributed by atoms with Crippen LogP contribution in [-0.2, 0) is 16.1 Å². The Labute approximate surface area is 167 Å². The number of anilines is 1. The Bertz CT molecular complexity index is 1090. The molecule has 0 aliphatic rings. The fourth-order valence-electron chi connectivity index (χ4n) is 2.68. The molecule has 0 unspecified atom stereocenters. The highest BCUT2D eigenvalue weighted by molar-refractivity contribution is 7.18. The largest absolute Gasteiger partial charge is 0.497 e. The summed E-state index contributed by atoms with van der Waals surface area (Å²) in [5, 5.41) is 9.01. The maximum atomic E-state index is 14.0. The van der Waals surface area contributed by atoms with Gasteiger partial charge in [0.2, 0.25) is 5.91 Å². The molecule has 0 radical (unpaired) electrons. The zero-order valence-electron chi connectivity index (χ0n) is 15.1. The summed E-state index contributed by atoms with van der Waals surface area (Å²) in [6, 6.07) is 6.91. The summed E-state index contributed by atoms with van der Waals surface area (Å²) in [6.45, 7) is -0.175. The van der Waals surface area contributed by atoms with Crippen LogP contribution in [0.4, 0.5) is 18.9 Å². The quantitative estimate of drug-likeness (QED) is 0.577. The van der Waals surface area contributed by atoms with Crippen molar-refractivity contribution < 1.29 is 32.6 Å². The Balaban J connectivity index is 1.99. The van der Waals surface area contributed by atoms with Crippen LogP contribution in [0.15, 0.2) is 30.3 Å². The summed E-state index contributed by atoms with van der Waals surface area (Å²) in [4.78, 5) is 28.7. The van der Waals surface area contributed by atoms with Gasteiger partial charge in [-0.1, -0.05) is 6.07 Å². The number of benzene rings is 2. The van der Waals surface area contributed by atoms with Gasteiger partial charge in [0.15, 0.2) is 11.6 Å². The molecule has 0 spiro atoms. The minimum absolute atomic E-state index is 0.162. The van der Waals surface area contributed by atoms with Crippen molar-refractivity contribution in [3.05, 3.63) is 52.8 Å². The van der Waals surface area contributed by atoms with Gasteiger partial charge in [0.1, 0.15) is 22.1 Å². The highest BCUT2D eigenvalue weighted by atomic mass is 32.1. The first-order valence-electron chi connectivity index (χ1n) is 8.39. The number of fused-ring (bicyclic) bond motifs is 1. The second kappa shape index (κ2) is 8.48. The number of aliphatic carboxylic acids is 1. The number of carbonyl (C=O) groups is 2. The van der Waals surface area contributed by atoms with Crippen LogP contribution in [0.3, 0.4) is 0 Å². The van der Waals surface area contributed by atoms with Crippen molar-refractivity contribution in [1.82, 2.24) is 4.98 Å². The summed E-state index contributed by atoms with van der Waals surface area (Å²) < 4.78 is 46.4. The molecule has 152 valence electrons. The molecule has 0 fully saturated rings. The molecule has 2 aromatic carbocycles. The van der Waals surface area contributed by atoms with E-state index in [1.54, 1.807) is 24.3 Å². The fraction of sp³-hybridized carbons (Fsp3) is 0.211. The highest BCUT2D eigenvalue weighted by Crippen LogP contribution is 2.31. The van der Waals surface area contributed by atoms with E-state index in [4.69, 9.17) is 9.84 Å². The smallest absolute Gasteiger partial charge is 0.303 e. The molecule has 1 aromatic heterocycles. The number of hydrogen-bond acceptors (Lipinski definition) is 5. The van der Waals surface area contributed by atoms with Gasteiger partial charge in [0.25, 0.3) is 0 Å². The molecule has 0 aliphatic heterocycles. The number of ether oxygens (including phenoxy) is 1. The third-order valence-electron chi connectivity index (χ3n) is 4.07. The first kappa shape index (κ1) is 20.6. The van der Waals surface area contributed by atoms with E-state index in [0.29, 0.717) is 17.5 Å². The lowest BCUT2D eigenvalue weighted by Crippen LogP contribution is -2.30. The summed E-state index contributed by atoms with van der Waals surface area (Å²) in [5.41, 5.74) is -0.0582. The second-order valence-electron chi connectivity index (χ2n) is 6.01. The molecule has 6 nitrogen and oxygen atoms in total. The minimum Gasteiger partial charge on any atom is -0.497 e. The molecule has 1 amide bonds. The van der Waals surface area contributed by atoms with Crippen molar-refractivity contribution in [2.45, 2.75) is 19.4 Å². The SMILES string of the molecule is COc1cccc(N(Cc2nc3c(F)c(F)cc(F)c3s2)C(=O)CCC(=O)O)c1. The van der Waals surface area contributed by atoms with E-state index in [1.165, 1.54) is 12.0 Å². The Hall–Kier alpha value is -3.14. The van der Waals surface area contributed by atoms with Crippen LogP contribution in [0.25, 0.3) is 10.2 Å². The van der Waals surface area contributed by atoms with Crippen LogP contribution >= 0.6 is 11.3 Å². The molecule has 29 heavy (non-hydrogen) atoms. The molecule has 10 heteroatoms. The Morgan fingerprint density at radius 2 is 1.93 bits per heavy atom. The molecule has 0 atom stereocenters. The van der Waals surface area contributed by atoms with Gasteiger partial charge in [-0.05, 0) is 12.1 Å². The number of carboxylic acids is 1. The molecular weight excluding hydrogens is 409 g/mol. The number of thiazole rings is 1. The zero-order chi connectivity index (χ0) is 21.1. The van der Waals surface area contributed by atoms with Gasteiger partial charge in [-0.25, -0.2) is 18.2 Å². The van der Waals surface area contributed by atoms with Crippen LogP contribution in [0.2, 0.25) is 0 Å². The third kappa shape index (κ3) is 4.48. The van der Waals surface area contributed by atoms with Crippen molar-refractivity contribution in [3.63, 3.8) is 0 Å². The normalized spacial score (nSPS) is 10.9. The van der Waals surface area contributed by atoms with E-state index >= 15 is 0 Å². The van der Waals surface area contributed by atoms with Crippen LogP contribution in [0.5, 0.6) is 5.75 Å². The van der Waals surface area contributed by atoms with E-state index in [1.807, 2.05) is 0 Å². The maximum Gasteiger partial charge on any atom is 0.303 e. The van der Waals surface area contributed by atoms with E-state index in [9.17, 15) is 22.8 Å². The maximum absolute atomic E-state index is 14.0. The van der Waals surface area contributed by atoms with Gasteiger partial charge in [-0.3, -0.25) is 9.59 Å². The predicted molar refractivity (Wildman–Crippen MR) is 101 cm³/mol. The standard InChI is InChI=1S/C19H15F3N2O4S/c1-28-11-4-2-3-10(7-11)24(15(25)5-6-16(26)27)9-14-23-18-17(22)12(20)8-13(21)19(18)29-14/h2-4,7-8H,5-6,9H2,1H3,(H,26,27). The van der Waals surface area contributed by atoms with Gasteiger partial charge < -0.3 is 14.7 Å². The fourth-order valence-corrected chi connectivity index (χ4v) is 3.64. The van der Waals surface area contributed by atoms with Gasteiger partial charge in [0, 0.05) is 24.2 Å². The third-order valence-corrected chi connectivity index (χ3v) is 5.12. The first-order chi connectivity index (χ1) is 13.8. The molecule has 3 aromatic rings.